The number of hydrogen-bond donors (Lipinski definition) is 0. The Balaban J connectivity index is 1.91. The first-order valence-electron chi connectivity index (χ1n) is 7.81. The Bertz CT molecular complexity index is 950. The Labute approximate surface area is 133 Å². The highest BCUT2D eigenvalue weighted by atomic mass is 16.1. The van der Waals surface area contributed by atoms with Gasteiger partial charge in [0.1, 0.15) is 11.2 Å². The summed E-state index contributed by atoms with van der Waals surface area (Å²) in [5.74, 6) is 0.224. The minimum atomic E-state index is -0.330. The second-order valence-electron chi connectivity index (χ2n) is 6.13. The van der Waals surface area contributed by atoms with E-state index in [1.165, 1.54) is 11.4 Å². The number of fused-ring (bicyclic) bond motifs is 1. The Hall–Kier alpha value is -2.69. The van der Waals surface area contributed by atoms with Crippen LogP contribution in [0.15, 0.2) is 47.4 Å². The molecule has 116 valence electrons. The van der Waals surface area contributed by atoms with E-state index in [1.54, 1.807) is 6.20 Å². The Kier molecular flexibility index (Phi) is 3.15. The average Bonchev–Trinajstić information content (AvgIpc) is 3.29. The van der Waals surface area contributed by atoms with Gasteiger partial charge in [0.15, 0.2) is 5.78 Å². The molecule has 0 atom stereocenters. The van der Waals surface area contributed by atoms with E-state index in [9.17, 15) is 9.59 Å². The minimum Gasteiger partial charge on any atom is -0.327 e. The molecule has 0 spiro atoms. The monoisotopic (exact) mass is 307 g/mol. The van der Waals surface area contributed by atoms with Gasteiger partial charge >= 0.3 is 0 Å². The zero-order valence-corrected chi connectivity index (χ0v) is 12.9. The molecule has 0 N–H and O–H groups in total. The third-order valence-electron chi connectivity index (χ3n) is 4.28. The molecule has 0 radical (unpaired) electrons. The van der Waals surface area contributed by atoms with E-state index in [0.29, 0.717) is 12.5 Å². The van der Waals surface area contributed by atoms with E-state index >= 15 is 0 Å². The maximum absolute atomic E-state index is 12.5. The van der Waals surface area contributed by atoms with E-state index in [-0.39, 0.29) is 16.9 Å². The fourth-order valence-electron chi connectivity index (χ4n) is 2.86. The van der Waals surface area contributed by atoms with E-state index in [0.717, 1.165) is 29.7 Å². The maximum Gasteiger partial charge on any atom is 0.285 e. The van der Waals surface area contributed by atoms with Gasteiger partial charge in [-0.05, 0) is 25.3 Å². The zero-order valence-electron chi connectivity index (χ0n) is 12.9. The second kappa shape index (κ2) is 5.19. The van der Waals surface area contributed by atoms with Crippen LogP contribution in [0.4, 0.5) is 0 Å². The molecule has 1 aliphatic carbocycles. The highest BCUT2D eigenvalue weighted by molar-refractivity contribution is 5.93. The second-order valence-corrected chi connectivity index (χ2v) is 6.13. The van der Waals surface area contributed by atoms with Gasteiger partial charge in [0.05, 0.1) is 5.69 Å². The van der Waals surface area contributed by atoms with Crippen LogP contribution in [0.3, 0.4) is 0 Å². The van der Waals surface area contributed by atoms with Crippen molar-refractivity contribution >= 4 is 11.4 Å². The SMILES string of the molecule is CC(=O)c1cn(Cc2ccccc2)c2cc(C3CC3)nn2c1=O. The molecule has 0 unspecified atom stereocenters. The summed E-state index contributed by atoms with van der Waals surface area (Å²) in [4.78, 5) is 24.3. The molecule has 0 aliphatic heterocycles. The molecular weight excluding hydrogens is 290 g/mol. The number of carbonyl (C=O) groups excluding carboxylic acids is 1. The van der Waals surface area contributed by atoms with Gasteiger partial charge in [0.25, 0.3) is 5.56 Å². The Morgan fingerprint density at radius 2 is 2.00 bits per heavy atom. The molecule has 4 rings (SSSR count). The molecule has 2 aromatic heterocycles. The highest BCUT2D eigenvalue weighted by Gasteiger charge is 2.27. The van der Waals surface area contributed by atoms with Crippen molar-refractivity contribution in [2.24, 2.45) is 0 Å². The van der Waals surface area contributed by atoms with Gasteiger partial charge < -0.3 is 4.57 Å². The molecular formula is C18H17N3O2. The van der Waals surface area contributed by atoms with E-state index < -0.39 is 0 Å². The Morgan fingerprint density at radius 3 is 2.65 bits per heavy atom. The van der Waals surface area contributed by atoms with Gasteiger partial charge in [-0.25, -0.2) is 0 Å². The van der Waals surface area contributed by atoms with Crippen LogP contribution < -0.4 is 5.56 Å². The van der Waals surface area contributed by atoms with E-state index in [4.69, 9.17) is 0 Å². The molecule has 1 saturated carbocycles. The summed E-state index contributed by atoms with van der Waals surface area (Å²) < 4.78 is 3.32. The summed E-state index contributed by atoms with van der Waals surface area (Å²) >= 11 is 0. The van der Waals surface area contributed by atoms with Gasteiger partial charge in [0.2, 0.25) is 0 Å². The predicted molar refractivity (Wildman–Crippen MR) is 87.0 cm³/mol. The number of nitrogens with zero attached hydrogens (tertiary/aromatic N) is 3. The van der Waals surface area contributed by atoms with Crippen LogP contribution in [0.25, 0.3) is 5.65 Å². The van der Waals surface area contributed by atoms with Crippen LogP contribution in [0.1, 0.15) is 47.3 Å². The van der Waals surface area contributed by atoms with Gasteiger partial charge in [-0.1, -0.05) is 30.3 Å². The number of rotatable bonds is 4. The molecule has 5 heteroatoms. The predicted octanol–water partition coefficient (Wildman–Crippen LogP) is 2.62. The fourth-order valence-corrected chi connectivity index (χ4v) is 2.86. The summed E-state index contributed by atoms with van der Waals surface area (Å²) in [5, 5.41) is 4.45. The van der Waals surface area contributed by atoms with E-state index in [2.05, 4.69) is 5.10 Å². The highest BCUT2D eigenvalue weighted by Crippen LogP contribution is 2.39. The van der Waals surface area contributed by atoms with Crippen molar-refractivity contribution in [1.82, 2.24) is 14.2 Å². The quantitative estimate of drug-likeness (QED) is 0.696. The van der Waals surface area contributed by atoms with Crippen LogP contribution in [0, 0.1) is 0 Å². The van der Waals surface area contributed by atoms with Crippen LogP contribution >= 0.6 is 0 Å². The van der Waals surface area contributed by atoms with Crippen molar-refractivity contribution in [3.05, 3.63) is 69.8 Å². The first-order valence-corrected chi connectivity index (χ1v) is 7.81. The summed E-state index contributed by atoms with van der Waals surface area (Å²) in [6, 6.07) is 12.0. The molecule has 1 fully saturated rings. The normalized spacial score (nSPS) is 14.3. The van der Waals surface area contributed by atoms with Crippen molar-refractivity contribution in [3.8, 4) is 0 Å². The van der Waals surface area contributed by atoms with Crippen molar-refractivity contribution < 1.29 is 4.79 Å². The topological polar surface area (TPSA) is 56.4 Å². The van der Waals surface area contributed by atoms with Gasteiger partial charge in [-0.15, -0.1) is 0 Å². The zero-order chi connectivity index (χ0) is 16.0. The summed E-state index contributed by atoms with van der Waals surface area (Å²) in [7, 11) is 0. The lowest BCUT2D eigenvalue weighted by atomic mass is 10.2. The summed E-state index contributed by atoms with van der Waals surface area (Å²) in [6.07, 6.45) is 3.90. The van der Waals surface area contributed by atoms with Crippen molar-refractivity contribution in [1.29, 1.82) is 0 Å². The first kappa shape index (κ1) is 13.9. The maximum atomic E-state index is 12.5. The number of carbonyl (C=O) groups is 1. The largest absolute Gasteiger partial charge is 0.327 e. The number of hydrogen-bond acceptors (Lipinski definition) is 3. The standard InChI is InChI=1S/C18H17N3O2/c1-12(22)15-11-20(10-13-5-3-2-4-6-13)17-9-16(14-7-8-14)19-21(17)18(15)23/h2-6,9,11,14H,7-8,10H2,1H3. The average molecular weight is 307 g/mol. The molecule has 1 aromatic carbocycles. The summed E-state index contributed by atoms with van der Waals surface area (Å²) in [6.45, 7) is 2.02. The lowest BCUT2D eigenvalue weighted by Crippen LogP contribution is -2.25. The van der Waals surface area contributed by atoms with E-state index in [1.807, 2.05) is 41.0 Å². The van der Waals surface area contributed by atoms with Gasteiger partial charge in [0, 0.05) is 24.7 Å². The van der Waals surface area contributed by atoms with Crippen LogP contribution in [0.5, 0.6) is 0 Å². The number of benzene rings is 1. The summed E-state index contributed by atoms with van der Waals surface area (Å²) in [5.41, 5.74) is 2.65. The van der Waals surface area contributed by atoms with Crippen molar-refractivity contribution in [2.45, 2.75) is 32.2 Å². The molecule has 0 amide bonds. The molecule has 3 aromatic rings. The third-order valence-corrected chi connectivity index (χ3v) is 4.28. The number of aromatic nitrogens is 3. The van der Waals surface area contributed by atoms with Crippen LogP contribution in [-0.2, 0) is 6.54 Å². The van der Waals surface area contributed by atoms with Gasteiger partial charge in [-0.2, -0.15) is 9.61 Å². The molecule has 23 heavy (non-hydrogen) atoms. The molecule has 0 saturated heterocycles. The van der Waals surface area contributed by atoms with Crippen molar-refractivity contribution in [2.75, 3.05) is 0 Å². The number of Topliss-reactive ketones (excluding diaryl/α,β-unsaturated/α-hetero) is 1. The lowest BCUT2D eigenvalue weighted by molar-refractivity contribution is 0.101. The molecule has 2 heterocycles. The van der Waals surface area contributed by atoms with Crippen LogP contribution in [-0.4, -0.2) is 20.0 Å². The number of ketones is 1. The lowest BCUT2D eigenvalue weighted by Gasteiger charge is -2.10. The smallest absolute Gasteiger partial charge is 0.285 e. The molecule has 1 aliphatic rings. The third kappa shape index (κ3) is 2.48. The molecule has 5 nitrogen and oxygen atoms in total. The van der Waals surface area contributed by atoms with Crippen LogP contribution in [0.2, 0.25) is 0 Å². The first-order chi connectivity index (χ1) is 11.1. The van der Waals surface area contributed by atoms with Crippen molar-refractivity contribution in [3.63, 3.8) is 0 Å². The minimum absolute atomic E-state index is 0.180. The Morgan fingerprint density at radius 1 is 1.26 bits per heavy atom. The van der Waals surface area contributed by atoms with Gasteiger partial charge in [-0.3, -0.25) is 9.59 Å². The fraction of sp³-hybridized carbons (Fsp3) is 0.278. The molecule has 0 bridgehead atoms.